The molecule has 3 rings (SSSR count). The molecule has 0 spiro atoms. The summed E-state index contributed by atoms with van der Waals surface area (Å²) in [5.74, 6) is -0.816. The number of nitrogens with one attached hydrogen (secondary N) is 1. The van der Waals surface area contributed by atoms with Gasteiger partial charge in [-0.3, -0.25) is 4.79 Å². The second-order valence-electron chi connectivity index (χ2n) is 5.10. The Bertz CT molecular complexity index is 971. The molecule has 1 aromatic carbocycles. The molecule has 0 unspecified atom stereocenters. The van der Waals surface area contributed by atoms with Gasteiger partial charge in [0, 0.05) is 16.4 Å². The van der Waals surface area contributed by atoms with Crippen molar-refractivity contribution in [3.8, 4) is 0 Å². The van der Waals surface area contributed by atoms with E-state index in [9.17, 15) is 9.59 Å². The first-order valence-electron chi connectivity index (χ1n) is 7.40. The van der Waals surface area contributed by atoms with Crippen LogP contribution in [0, 0.1) is 0 Å². The summed E-state index contributed by atoms with van der Waals surface area (Å²) in [5, 5.41) is 7.22. The number of esters is 1. The van der Waals surface area contributed by atoms with Crippen LogP contribution in [0.2, 0.25) is 5.02 Å². The lowest BCUT2D eigenvalue weighted by atomic mass is 10.2. The molecule has 128 valence electrons. The summed E-state index contributed by atoms with van der Waals surface area (Å²) in [5.41, 5.74) is 1.73. The van der Waals surface area contributed by atoms with E-state index in [2.05, 4.69) is 26.3 Å². The van der Waals surface area contributed by atoms with Crippen LogP contribution in [0.3, 0.4) is 0 Å². The number of carbonyl (C=O) groups is 2. The highest BCUT2D eigenvalue weighted by atomic mass is 79.9. The number of hydrogen-bond donors (Lipinski definition) is 1. The normalized spacial score (nSPS) is 10.7. The van der Waals surface area contributed by atoms with Crippen molar-refractivity contribution in [3.63, 3.8) is 0 Å². The molecule has 25 heavy (non-hydrogen) atoms. The number of anilines is 1. The molecule has 0 aliphatic heterocycles. The summed E-state index contributed by atoms with van der Waals surface area (Å²) < 4.78 is 7.30. The van der Waals surface area contributed by atoms with Gasteiger partial charge in [0.25, 0.3) is 5.91 Å². The molecule has 1 amide bonds. The monoisotopic (exact) mass is 421 g/mol. The lowest BCUT2D eigenvalue weighted by Crippen LogP contribution is -2.13. The fraction of sp³-hybridized carbons (Fsp3) is 0.118. The first-order valence-corrected chi connectivity index (χ1v) is 8.57. The lowest BCUT2D eigenvalue weighted by molar-refractivity contribution is 0.0528. The Morgan fingerprint density at radius 2 is 2.08 bits per heavy atom. The number of ether oxygens (including phenoxy) is 1. The van der Waals surface area contributed by atoms with Crippen LogP contribution in [0.15, 0.2) is 47.2 Å². The maximum Gasteiger partial charge on any atom is 0.341 e. The highest BCUT2D eigenvalue weighted by Gasteiger charge is 2.16. The van der Waals surface area contributed by atoms with Gasteiger partial charge >= 0.3 is 5.97 Å². The van der Waals surface area contributed by atoms with Crippen molar-refractivity contribution in [2.75, 3.05) is 11.9 Å². The third kappa shape index (κ3) is 3.67. The Morgan fingerprint density at radius 1 is 1.28 bits per heavy atom. The van der Waals surface area contributed by atoms with Gasteiger partial charge in [-0.15, -0.1) is 0 Å². The molecule has 2 heterocycles. The predicted octanol–water partition coefficient (Wildman–Crippen LogP) is 4.18. The van der Waals surface area contributed by atoms with Crippen LogP contribution in [-0.4, -0.2) is 28.1 Å². The highest BCUT2D eigenvalue weighted by molar-refractivity contribution is 9.10. The van der Waals surface area contributed by atoms with Gasteiger partial charge in [-0.2, -0.15) is 5.10 Å². The van der Waals surface area contributed by atoms with Gasteiger partial charge in [0.05, 0.1) is 28.9 Å². The summed E-state index contributed by atoms with van der Waals surface area (Å²) in [6.45, 7) is 2.00. The number of aromatic nitrogens is 2. The standard InChI is InChI=1S/C17H13BrClN3O3/c1-2-25-17(24)13-9-20-22-6-5-11(8-15(13)22)21-16(23)12-7-10(18)3-4-14(12)19/h3-9H,2H2,1H3,(H,21,23). The summed E-state index contributed by atoms with van der Waals surface area (Å²) in [7, 11) is 0. The number of pyridine rings is 1. The van der Waals surface area contributed by atoms with Crippen LogP contribution < -0.4 is 5.32 Å². The maximum atomic E-state index is 12.5. The Labute approximate surface area is 156 Å². The van der Waals surface area contributed by atoms with Crippen molar-refractivity contribution in [2.24, 2.45) is 0 Å². The van der Waals surface area contributed by atoms with Gasteiger partial charge in [-0.1, -0.05) is 27.5 Å². The highest BCUT2D eigenvalue weighted by Crippen LogP contribution is 2.23. The van der Waals surface area contributed by atoms with E-state index in [1.165, 1.54) is 10.7 Å². The van der Waals surface area contributed by atoms with Crippen LogP contribution in [0.4, 0.5) is 5.69 Å². The van der Waals surface area contributed by atoms with E-state index in [-0.39, 0.29) is 12.5 Å². The van der Waals surface area contributed by atoms with E-state index >= 15 is 0 Å². The molecule has 3 aromatic rings. The third-order valence-corrected chi connectivity index (χ3v) is 4.27. The summed E-state index contributed by atoms with van der Waals surface area (Å²) in [6, 6.07) is 8.36. The number of fused-ring (bicyclic) bond motifs is 1. The van der Waals surface area contributed by atoms with Crippen LogP contribution in [-0.2, 0) is 4.74 Å². The molecule has 2 aromatic heterocycles. The van der Waals surface area contributed by atoms with Crippen molar-refractivity contribution in [1.82, 2.24) is 9.61 Å². The maximum absolute atomic E-state index is 12.5. The molecular weight excluding hydrogens is 410 g/mol. The van der Waals surface area contributed by atoms with Gasteiger partial charge in [-0.25, -0.2) is 9.31 Å². The molecule has 0 radical (unpaired) electrons. The first kappa shape index (κ1) is 17.4. The minimum atomic E-state index is -0.462. The molecule has 0 saturated carbocycles. The van der Waals surface area contributed by atoms with E-state index in [1.807, 2.05) is 0 Å². The van der Waals surface area contributed by atoms with Crippen LogP contribution >= 0.6 is 27.5 Å². The quantitative estimate of drug-likeness (QED) is 0.640. The zero-order chi connectivity index (χ0) is 18.0. The molecule has 8 heteroatoms. The molecule has 0 saturated heterocycles. The van der Waals surface area contributed by atoms with Crippen LogP contribution in [0.5, 0.6) is 0 Å². The average Bonchev–Trinajstić information content (AvgIpc) is 3.00. The number of nitrogens with zero attached hydrogens (tertiary/aromatic N) is 2. The average molecular weight is 423 g/mol. The van der Waals surface area contributed by atoms with Crippen molar-refractivity contribution in [1.29, 1.82) is 0 Å². The minimum Gasteiger partial charge on any atom is -0.462 e. The molecule has 1 N–H and O–H groups in total. The van der Waals surface area contributed by atoms with E-state index < -0.39 is 5.97 Å². The van der Waals surface area contributed by atoms with Gasteiger partial charge in [0.2, 0.25) is 0 Å². The molecule has 6 nitrogen and oxygen atoms in total. The SMILES string of the molecule is CCOC(=O)c1cnn2ccc(NC(=O)c3cc(Br)ccc3Cl)cc12. The van der Waals surface area contributed by atoms with E-state index in [0.29, 0.717) is 27.4 Å². The molecular formula is C17H13BrClN3O3. The number of benzene rings is 1. The topological polar surface area (TPSA) is 72.7 Å². The van der Waals surface area contributed by atoms with E-state index in [4.69, 9.17) is 16.3 Å². The largest absolute Gasteiger partial charge is 0.462 e. The Kier molecular flexibility index (Phi) is 5.06. The zero-order valence-corrected chi connectivity index (χ0v) is 15.5. The number of rotatable bonds is 4. The Morgan fingerprint density at radius 3 is 2.84 bits per heavy atom. The Balaban J connectivity index is 1.91. The minimum absolute atomic E-state index is 0.272. The van der Waals surface area contributed by atoms with E-state index in [1.54, 1.807) is 43.5 Å². The van der Waals surface area contributed by atoms with Gasteiger partial charge in [0.1, 0.15) is 5.56 Å². The van der Waals surface area contributed by atoms with Crippen molar-refractivity contribution in [2.45, 2.75) is 6.92 Å². The fourth-order valence-corrected chi connectivity index (χ4v) is 2.86. The van der Waals surface area contributed by atoms with E-state index in [0.717, 1.165) is 4.47 Å². The summed E-state index contributed by atoms with van der Waals surface area (Å²) >= 11 is 9.40. The Hall–Kier alpha value is -2.38. The van der Waals surface area contributed by atoms with Crippen LogP contribution in [0.1, 0.15) is 27.6 Å². The predicted molar refractivity (Wildman–Crippen MR) is 98.3 cm³/mol. The molecule has 0 fully saturated rings. The fourth-order valence-electron chi connectivity index (χ4n) is 2.29. The molecule has 0 atom stereocenters. The second kappa shape index (κ2) is 7.25. The summed E-state index contributed by atoms with van der Waals surface area (Å²) in [6.07, 6.45) is 3.08. The van der Waals surface area contributed by atoms with Crippen LogP contribution in [0.25, 0.3) is 5.52 Å². The number of halogens is 2. The van der Waals surface area contributed by atoms with Crippen molar-refractivity contribution < 1.29 is 14.3 Å². The second-order valence-corrected chi connectivity index (χ2v) is 6.43. The van der Waals surface area contributed by atoms with Crippen molar-refractivity contribution in [3.05, 3.63) is 63.3 Å². The van der Waals surface area contributed by atoms with Gasteiger partial charge in [0.15, 0.2) is 0 Å². The smallest absolute Gasteiger partial charge is 0.341 e. The molecule has 0 aliphatic rings. The van der Waals surface area contributed by atoms with Gasteiger partial charge < -0.3 is 10.1 Å². The zero-order valence-electron chi connectivity index (χ0n) is 13.1. The lowest BCUT2D eigenvalue weighted by Gasteiger charge is -2.08. The number of hydrogen-bond acceptors (Lipinski definition) is 4. The molecule has 0 bridgehead atoms. The van der Waals surface area contributed by atoms with Crippen molar-refractivity contribution >= 4 is 50.6 Å². The number of carbonyl (C=O) groups excluding carboxylic acids is 2. The third-order valence-electron chi connectivity index (χ3n) is 3.45. The summed E-state index contributed by atoms with van der Waals surface area (Å²) in [4.78, 5) is 24.4. The first-order chi connectivity index (χ1) is 12.0. The molecule has 0 aliphatic carbocycles. The van der Waals surface area contributed by atoms with Gasteiger partial charge in [-0.05, 0) is 37.3 Å². The number of amides is 1.